The van der Waals surface area contributed by atoms with Crippen LogP contribution in [0.15, 0.2) is 0 Å². The van der Waals surface area contributed by atoms with Crippen LogP contribution in [-0.2, 0) is 0 Å². The van der Waals surface area contributed by atoms with E-state index in [2.05, 4.69) is 60.3 Å². The molecule has 4 atom stereocenters. The third-order valence-corrected chi connectivity index (χ3v) is 7.07. The quantitative estimate of drug-likeness (QED) is 0.501. The normalized spacial score (nSPS) is 18.3. The third kappa shape index (κ3) is 7.41. The van der Waals surface area contributed by atoms with Gasteiger partial charge in [0.15, 0.2) is 0 Å². The SMILES string of the molecule is CCC(CNC)[C@@H](C)C([C@@H](C)CCCC(C)C)P(C)C. The molecule has 0 heterocycles. The predicted octanol–water partition coefficient (Wildman–Crippen LogP) is 5.44. The molecule has 0 aromatic carbocycles. The Labute approximate surface area is 130 Å². The fourth-order valence-corrected chi connectivity index (χ4v) is 6.11. The standard InChI is InChI=1S/C18H40NP/c1-9-17(13-19-6)16(5)18(20(7)8)15(4)12-10-11-14(2)3/h14-19H,9-13H2,1-8H3/t15-,16+,17?,18?/m0/s1. The lowest BCUT2D eigenvalue weighted by Crippen LogP contribution is -2.34. The molecule has 0 rings (SSSR count). The zero-order valence-corrected chi connectivity index (χ0v) is 16.3. The first-order valence-electron chi connectivity index (χ1n) is 8.66. The highest BCUT2D eigenvalue weighted by molar-refractivity contribution is 7.56. The first kappa shape index (κ1) is 20.4. The highest BCUT2D eigenvalue weighted by atomic mass is 31.1. The Bertz CT molecular complexity index is 227. The molecular formula is C18H40NP. The van der Waals surface area contributed by atoms with Crippen LogP contribution in [-0.4, -0.2) is 32.6 Å². The van der Waals surface area contributed by atoms with Crippen molar-refractivity contribution in [1.29, 1.82) is 0 Å². The van der Waals surface area contributed by atoms with Gasteiger partial charge in [-0.3, -0.25) is 0 Å². The Morgan fingerprint density at radius 3 is 2.00 bits per heavy atom. The maximum Gasteiger partial charge on any atom is -0.00208 e. The van der Waals surface area contributed by atoms with Gasteiger partial charge in [-0.15, -0.1) is 7.92 Å². The summed E-state index contributed by atoms with van der Waals surface area (Å²) in [5, 5.41) is 3.40. The van der Waals surface area contributed by atoms with Crippen LogP contribution in [0.1, 0.15) is 60.3 Å². The molecular weight excluding hydrogens is 261 g/mol. The predicted molar refractivity (Wildman–Crippen MR) is 97.3 cm³/mol. The highest BCUT2D eigenvalue weighted by Crippen LogP contribution is 2.46. The minimum Gasteiger partial charge on any atom is -0.319 e. The van der Waals surface area contributed by atoms with Crippen molar-refractivity contribution in [2.45, 2.75) is 66.0 Å². The van der Waals surface area contributed by atoms with E-state index in [4.69, 9.17) is 0 Å². The summed E-state index contributed by atoms with van der Waals surface area (Å²) in [6, 6.07) is 0. The summed E-state index contributed by atoms with van der Waals surface area (Å²) < 4.78 is 0. The van der Waals surface area contributed by atoms with Gasteiger partial charge in [-0.2, -0.15) is 0 Å². The summed E-state index contributed by atoms with van der Waals surface area (Å²) in [4.78, 5) is 0. The molecule has 1 nitrogen and oxygen atoms in total. The van der Waals surface area contributed by atoms with Gasteiger partial charge in [0.25, 0.3) is 0 Å². The molecule has 0 bridgehead atoms. The largest absolute Gasteiger partial charge is 0.319 e. The number of hydrogen-bond donors (Lipinski definition) is 1. The van der Waals surface area contributed by atoms with Crippen molar-refractivity contribution in [2.75, 3.05) is 26.9 Å². The van der Waals surface area contributed by atoms with Crippen LogP contribution in [0.4, 0.5) is 0 Å². The molecule has 0 spiro atoms. The van der Waals surface area contributed by atoms with Crippen LogP contribution < -0.4 is 5.32 Å². The number of nitrogens with one attached hydrogen (secondary N) is 1. The van der Waals surface area contributed by atoms with Gasteiger partial charge < -0.3 is 5.32 Å². The van der Waals surface area contributed by atoms with Crippen LogP contribution >= 0.6 is 7.92 Å². The first-order valence-corrected chi connectivity index (χ1v) is 11.0. The molecule has 2 unspecified atom stereocenters. The van der Waals surface area contributed by atoms with Crippen LogP contribution in [0.3, 0.4) is 0 Å². The van der Waals surface area contributed by atoms with Crippen molar-refractivity contribution >= 4 is 7.92 Å². The van der Waals surface area contributed by atoms with Crippen molar-refractivity contribution in [1.82, 2.24) is 5.32 Å². The lowest BCUT2D eigenvalue weighted by molar-refractivity contribution is 0.279. The molecule has 0 radical (unpaired) electrons. The van der Waals surface area contributed by atoms with E-state index in [-0.39, 0.29) is 7.92 Å². The minimum atomic E-state index is 0.149. The molecule has 0 saturated heterocycles. The Morgan fingerprint density at radius 1 is 1.00 bits per heavy atom. The van der Waals surface area contributed by atoms with E-state index in [1.54, 1.807) is 0 Å². The molecule has 0 aromatic heterocycles. The Balaban J connectivity index is 4.59. The molecule has 1 N–H and O–H groups in total. The van der Waals surface area contributed by atoms with E-state index in [9.17, 15) is 0 Å². The lowest BCUT2D eigenvalue weighted by atomic mass is 9.82. The molecule has 0 aliphatic heterocycles. The van der Waals surface area contributed by atoms with Crippen molar-refractivity contribution in [3.05, 3.63) is 0 Å². The molecule has 20 heavy (non-hydrogen) atoms. The summed E-state index contributed by atoms with van der Waals surface area (Å²) in [6.45, 7) is 18.2. The van der Waals surface area contributed by atoms with Gasteiger partial charge in [0.05, 0.1) is 0 Å². The van der Waals surface area contributed by atoms with Gasteiger partial charge in [-0.25, -0.2) is 0 Å². The van der Waals surface area contributed by atoms with E-state index < -0.39 is 0 Å². The smallest absolute Gasteiger partial charge is 0.00208 e. The van der Waals surface area contributed by atoms with Gasteiger partial charge in [0.2, 0.25) is 0 Å². The zero-order valence-electron chi connectivity index (χ0n) is 15.4. The van der Waals surface area contributed by atoms with E-state index in [0.29, 0.717) is 0 Å². The summed E-state index contributed by atoms with van der Waals surface area (Å²) >= 11 is 0. The van der Waals surface area contributed by atoms with Crippen molar-refractivity contribution in [3.8, 4) is 0 Å². The summed E-state index contributed by atoms with van der Waals surface area (Å²) in [5.74, 6) is 3.43. The molecule has 0 amide bonds. The fourth-order valence-electron chi connectivity index (χ4n) is 3.76. The lowest BCUT2D eigenvalue weighted by Gasteiger charge is -2.37. The van der Waals surface area contributed by atoms with Crippen LogP contribution in [0.5, 0.6) is 0 Å². The maximum atomic E-state index is 3.40. The highest BCUT2D eigenvalue weighted by Gasteiger charge is 2.30. The number of hydrogen-bond acceptors (Lipinski definition) is 1. The average molecular weight is 301 g/mol. The van der Waals surface area contributed by atoms with Crippen LogP contribution in [0, 0.1) is 23.7 Å². The summed E-state index contributed by atoms with van der Waals surface area (Å²) in [5.41, 5.74) is 0.926. The topological polar surface area (TPSA) is 12.0 Å². The monoisotopic (exact) mass is 301 g/mol. The molecule has 0 aromatic rings. The average Bonchev–Trinajstić information content (AvgIpc) is 2.34. The first-order chi connectivity index (χ1) is 9.34. The van der Waals surface area contributed by atoms with Gasteiger partial charge in [0, 0.05) is 0 Å². The van der Waals surface area contributed by atoms with Gasteiger partial charge in [-0.05, 0) is 56.3 Å². The van der Waals surface area contributed by atoms with Crippen LogP contribution in [0.25, 0.3) is 0 Å². The molecule has 0 fully saturated rings. The van der Waals surface area contributed by atoms with E-state index >= 15 is 0 Å². The van der Waals surface area contributed by atoms with Gasteiger partial charge in [0.1, 0.15) is 0 Å². The van der Waals surface area contributed by atoms with Gasteiger partial charge in [-0.1, -0.05) is 60.3 Å². The maximum absolute atomic E-state index is 3.40. The van der Waals surface area contributed by atoms with E-state index in [1.807, 2.05) is 0 Å². The second-order valence-electron chi connectivity index (χ2n) is 7.34. The Hall–Kier alpha value is 0.390. The van der Waals surface area contributed by atoms with Gasteiger partial charge >= 0.3 is 0 Å². The van der Waals surface area contributed by atoms with Crippen molar-refractivity contribution in [3.63, 3.8) is 0 Å². The van der Waals surface area contributed by atoms with E-state index in [1.165, 1.54) is 32.2 Å². The van der Waals surface area contributed by atoms with Crippen molar-refractivity contribution < 1.29 is 0 Å². The fraction of sp³-hybridized carbons (Fsp3) is 1.00. The molecule has 0 aliphatic rings. The van der Waals surface area contributed by atoms with Crippen molar-refractivity contribution in [2.24, 2.45) is 23.7 Å². The number of rotatable bonds is 11. The minimum absolute atomic E-state index is 0.149. The summed E-state index contributed by atoms with van der Waals surface area (Å²) in [7, 11) is 2.24. The molecule has 0 saturated carbocycles. The third-order valence-electron chi connectivity index (χ3n) is 4.89. The summed E-state index contributed by atoms with van der Waals surface area (Å²) in [6.07, 6.45) is 5.53. The molecule has 0 aliphatic carbocycles. The Kier molecular flexibility index (Phi) is 11.2. The second-order valence-corrected chi connectivity index (χ2v) is 9.86. The van der Waals surface area contributed by atoms with E-state index in [0.717, 1.165) is 29.3 Å². The second kappa shape index (κ2) is 11.0. The molecule has 2 heteroatoms. The molecule has 122 valence electrons. The zero-order chi connectivity index (χ0) is 15.7. The van der Waals surface area contributed by atoms with Crippen LogP contribution in [0.2, 0.25) is 0 Å². The Morgan fingerprint density at radius 2 is 1.60 bits per heavy atom.